The number of carbonyl (C=O) groups excluding carboxylic acids is 3. The van der Waals surface area contributed by atoms with Crippen molar-refractivity contribution in [1.29, 1.82) is 0 Å². The fourth-order valence-electron chi connectivity index (χ4n) is 5.21. The Morgan fingerprint density at radius 2 is 0.607 bits per heavy atom. The number of hydrogen-bond acceptors (Lipinski definition) is 6. The van der Waals surface area contributed by atoms with Gasteiger partial charge in [0.25, 0.3) is 0 Å². The van der Waals surface area contributed by atoms with E-state index in [-0.39, 0.29) is 38.0 Å². The quantitative estimate of drug-likeness (QED) is 0.0268. The predicted octanol–water partition coefficient (Wildman–Crippen LogP) is 14.9. The van der Waals surface area contributed by atoms with E-state index in [4.69, 9.17) is 14.2 Å². The topological polar surface area (TPSA) is 78.9 Å². The number of carbonyl (C=O) groups is 3. The Morgan fingerprint density at radius 1 is 0.328 bits per heavy atom. The molecule has 0 bridgehead atoms. The highest BCUT2D eigenvalue weighted by atomic mass is 16.6. The van der Waals surface area contributed by atoms with E-state index in [9.17, 15) is 14.4 Å². The summed E-state index contributed by atoms with van der Waals surface area (Å²) >= 11 is 0. The molecule has 0 fully saturated rings. The second-order valence-electron chi connectivity index (χ2n) is 14.1. The van der Waals surface area contributed by atoms with Gasteiger partial charge in [-0.25, -0.2) is 0 Å². The first-order valence-corrected chi connectivity index (χ1v) is 22.8. The lowest BCUT2D eigenvalue weighted by atomic mass is 10.1. The molecule has 0 aromatic heterocycles. The van der Waals surface area contributed by atoms with Crippen LogP contribution in [0.1, 0.15) is 136 Å². The average molecular weight is 835 g/mol. The molecule has 1 unspecified atom stereocenters. The molecule has 0 rings (SSSR count). The van der Waals surface area contributed by atoms with Crippen LogP contribution in [0.4, 0.5) is 0 Å². The number of esters is 3. The van der Waals surface area contributed by atoms with Crippen molar-refractivity contribution < 1.29 is 28.6 Å². The zero-order chi connectivity index (χ0) is 44.4. The average Bonchev–Trinajstić information content (AvgIpc) is 3.26. The third-order valence-corrected chi connectivity index (χ3v) is 8.55. The molecule has 0 saturated heterocycles. The fourth-order valence-corrected chi connectivity index (χ4v) is 5.21. The second kappa shape index (κ2) is 47.4. The normalized spacial score (nSPS) is 13.7. The lowest BCUT2D eigenvalue weighted by molar-refractivity contribution is -0.167. The van der Waals surface area contributed by atoms with E-state index in [1.807, 2.05) is 128 Å². The molecule has 0 amide bonds. The first-order valence-electron chi connectivity index (χ1n) is 22.8. The van der Waals surface area contributed by atoms with Crippen LogP contribution in [0.5, 0.6) is 0 Å². The van der Waals surface area contributed by atoms with Gasteiger partial charge in [0.2, 0.25) is 0 Å². The van der Waals surface area contributed by atoms with Gasteiger partial charge in [-0.3, -0.25) is 14.4 Å². The summed E-state index contributed by atoms with van der Waals surface area (Å²) in [6.07, 6.45) is 70.5. The molecule has 6 nitrogen and oxygen atoms in total. The third kappa shape index (κ3) is 45.7. The van der Waals surface area contributed by atoms with E-state index in [1.165, 1.54) is 0 Å². The largest absolute Gasteiger partial charge is 0.462 e. The smallest absolute Gasteiger partial charge is 0.306 e. The highest BCUT2D eigenvalue weighted by molar-refractivity contribution is 5.71. The first-order chi connectivity index (χ1) is 30.0. The second-order valence-corrected chi connectivity index (χ2v) is 14.1. The predicted molar refractivity (Wildman–Crippen MR) is 260 cm³/mol. The zero-order valence-corrected chi connectivity index (χ0v) is 37.8. The Balaban J connectivity index is 4.67. The molecule has 0 aliphatic carbocycles. The minimum atomic E-state index is -0.850. The molecular weight excluding hydrogens is 757 g/mol. The SMILES string of the molecule is CC/C=C/C=C/C=C/C=C/C=C/C=C/CCCCCC(=O)OCC(COC(=O)CCCCCCC/C=C/C=C/C=C/CC)OC(=O)CCC/C=C/C=C/C=C/C=C/C=C/CC. The van der Waals surface area contributed by atoms with Gasteiger partial charge in [-0.15, -0.1) is 0 Å². The van der Waals surface area contributed by atoms with Crippen LogP contribution in [0.2, 0.25) is 0 Å². The Hall–Kier alpha value is -5.23. The van der Waals surface area contributed by atoms with Gasteiger partial charge in [0.05, 0.1) is 0 Å². The van der Waals surface area contributed by atoms with Crippen molar-refractivity contribution >= 4 is 17.9 Å². The summed E-state index contributed by atoms with van der Waals surface area (Å²) in [6, 6.07) is 0. The van der Waals surface area contributed by atoms with Crippen molar-refractivity contribution in [3.05, 3.63) is 170 Å². The number of unbranched alkanes of at least 4 members (excludes halogenated alkanes) is 9. The van der Waals surface area contributed by atoms with Crippen molar-refractivity contribution in [3.8, 4) is 0 Å². The van der Waals surface area contributed by atoms with Crippen molar-refractivity contribution in [2.24, 2.45) is 0 Å². The molecule has 0 aliphatic rings. The number of rotatable bonds is 37. The molecule has 0 saturated carbocycles. The van der Waals surface area contributed by atoms with Gasteiger partial charge in [0.1, 0.15) is 13.2 Å². The van der Waals surface area contributed by atoms with Crippen LogP contribution in [-0.2, 0) is 28.6 Å². The first kappa shape index (κ1) is 55.8. The summed E-state index contributed by atoms with van der Waals surface area (Å²) in [5, 5.41) is 0. The summed E-state index contributed by atoms with van der Waals surface area (Å²) in [4.78, 5) is 37.8. The van der Waals surface area contributed by atoms with Crippen LogP contribution >= 0.6 is 0 Å². The van der Waals surface area contributed by atoms with Crippen molar-refractivity contribution in [3.63, 3.8) is 0 Å². The third-order valence-electron chi connectivity index (χ3n) is 8.55. The summed E-state index contributed by atoms with van der Waals surface area (Å²) < 4.78 is 16.6. The van der Waals surface area contributed by atoms with Crippen molar-refractivity contribution in [2.45, 2.75) is 142 Å². The van der Waals surface area contributed by atoms with Crippen LogP contribution in [-0.4, -0.2) is 37.2 Å². The molecule has 0 spiro atoms. The number of ether oxygens (including phenoxy) is 3. The molecular formula is C55H78O6. The minimum absolute atomic E-state index is 0.142. The van der Waals surface area contributed by atoms with E-state index < -0.39 is 12.1 Å². The van der Waals surface area contributed by atoms with Gasteiger partial charge in [-0.05, 0) is 70.6 Å². The molecule has 0 radical (unpaired) electrons. The van der Waals surface area contributed by atoms with Crippen LogP contribution < -0.4 is 0 Å². The molecule has 0 aromatic carbocycles. The van der Waals surface area contributed by atoms with Gasteiger partial charge >= 0.3 is 17.9 Å². The van der Waals surface area contributed by atoms with Gasteiger partial charge in [0, 0.05) is 19.3 Å². The van der Waals surface area contributed by atoms with E-state index in [1.54, 1.807) is 0 Å². The summed E-state index contributed by atoms with van der Waals surface area (Å²) in [6.45, 7) is 6.04. The van der Waals surface area contributed by atoms with E-state index >= 15 is 0 Å². The maximum atomic E-state index is 12.7. The van der Waals surface area contributed by atoms with Gasteiger partial charge in [-0.2, -0.15) is 0 Å². The number of hydrogen-bond donors (Lipinski definition) is 0. The van der Waals surface area contributed by atoms with E-state index in [2.05, 4.69) is 63.3 Å². The standard InChI is InChI=1S/C55H78O6/c1-4-7-10-13-16-19-22-25-26-27-28-31-33-36-39-42-45-48-54(57)60-51-52(61-55(58)49-46-43-40-37-34-30-24-21-18-15-12-9-6-3)50-59-53(56)47-44-41-38-35-32-29-23-20-17-14-11-8-5-2/h7-28,30-31,33-34,37,40,52H,4-6,29,32,35-36,38-39,41-51H2,1-3H3/b10-7+,11-8+,12-9+,16-13+,17-14+,18-15+,22-19+,23-20+,24-21+,26-25+,28-27+,33-31+,34-30+,40-37+. The molecule has 61 heavy (non-hydrogen) atoms. The van der Waals surface area contributed by atoms with Crippen LogP contribution in [0.15, 0.2) is 170 Å². The van der Waals surface area contributed by atoms with E-state index in [0.717, 1.165) is 77.0 Å². The Kier molecular flexibility index (Phi) is 43.4. The summed E-state index contributed by atoms with van der Waals surface area (Å²) in [7, 11) is 0. The van der Waals surface area contributed by atoms with E-state index in [0.29, 0.717) is 25.7 Å². The Labute approximate surface area is 371 Å². The lowest BCUT2D eigenvalue weighted by Crippen LogP contribution is -2.30. The highest BCUT2D eigenvalue weighted by Crippen LogP contribution is 2.11. The van der Waals surface area contributed by atoms with Crippen LogP contribution in [0.3, 0.4) is 0 Å². The monoisotopic (exact) mass is 835 g/mol. The summed E-state index contributed by atoms with van der Waals surface area (Å²) in [5.74, 6) is -1.10. The molecule has 334 valence electrons. The van der Waals surface area contributed by atoms with Crippen LogP contribution in [0.25, 0.3) is 0 Å². The van der Waals surface area contributed by atoms with Crippen molar-refractivity contribution in [2.75, 3.05) is 13.2 Å². The molecule has 0 aliphatic heterocycles. The Morgan fingerprint density at radius 3 is 0.984 bits per heavy atom. The molecule has 0 N–H and O–H groups in total. The molecule has 0 heterocycles. The van der Waals surface area contributed by atoms with Crippen LogP contribution in [0, 0.1) is 0 Å². The fraction of sp³-hybridized carbons (Fsp3) is 0.436. The Bertz CT molecular complexity index is 1520. The minimum Gasteiger partial charge on any atom is -0.462 e. The summed E-state index contributed by atoms with van der Waals surface area (Å²) in [5.41, 5.74) is 0. The maximum Gasteiger partial charge on any atom is 0.306 e. The number of allylic oxidation sites excluding steroid dienone is 28. The van der Waals surface area contributed by atoms with Gasteiger partial charge in [0.15, 0.2) is 6.10 Å². The zero-order valence-electron chi connectivity index (χ0n) is 37.8. The maximum absolute atomic E-state index is 12.7. The molecule has 6 heteroatoms. The highest BCUT2D eigenvalue weighted by Gasteiger charge is 2.19. The van der Waals surface area contributed by atoms with Gasteiger partial charge < -0.3 is 14.2 Å². The lowest BCUT2D eigenvalue weighted by Gasteiger charge is -2.18. The molecule has 0 aromatic rings. The van der Waals surface area contributed by atoms with Crippen molar-refractivity contribution in [1.82, 2.24) is 0 Å². The van der Waals surface area contributed by atoms with Gasteiger partial charge in [-0.1, -0.05) is 217 Å². The molecule has 1 atom stereocenters.